The van der Waals surface area contributed by atoms with Crippen LogP contribution in [0.25, 0.3) is 16.9 Å². The average Bonchev–Trinajstić information content (AvgIpc) is 3.10. The van der Waals surface area contributed by atoms with Crippen molar-refractivity contribution in [3.63, 3.8) is 0 Å². The van der Waals surface area contributed by atoms with Crippen LogP contribution in [-0.4, -0.2) is 42.7 Å². The van der Waals surface area contributed by atoms with Crippen LogP contribution >= 0.6 is 0 Å². The molecule has 0 unspecified atom stereocenters. The number of amides is 2. The smallest absolute Gasteiger partial charge is 0.414 e. The van der Waals surface area contributed by atoms with Crippen LogP contribution in [0.2, 0.25) is 0 Å². The first-order valence-corrected chi connectivity index (χ1v) is 10.4. The van der Waals surface area contributed by atoms with Crippen molar-refractivity contribution >= 4 is 23.0 Å². The van der Waals surface area contributed by atoms with Gasteiger partial charge in [0.1, 0.15) is 23.8 Å². The lowest BCUT2D eigenvalue weighted by molar-refractivity contribution is 0.0727. The van der Waals surface area contributed by atoms with Crippen LogP contribution in [0.4, 0.5) is 4.79 Å². The maximum Gasteiger partial charge on any atom is 0.414 e. The van der Waals surface area contributed by atoms with E-state index in [0.717, 1.165) is 16.2 Å². The molecule has 0 fully saturated rings. The zero-order valence-electron chi connectivity index (χ0n) is 17.8. The van der Waals surface area contributed by atoms with Crippen molar-refractivity contribution in [2.45, 2.75) is 13.0 Å². The standard InChI is InChI=1S/C24H20N4O5/c1-26-18-10-12-28(24(31)32)23(30)21(18)17-7-8-19(25-22(17)26)27-11-9-16(13-20(27)29)33-14-15-5-3-2-4-6-15/h2-9,11,13H,10,12,14H2,1H3,(H,31,32). The summed E-state index contributed by atoms with van der Waals surface area (Å²) >= 11 is 0. The first-order chi connectivity index (χ1) is 15.9. The third-order valence-corrected chi connectivity index (χ3v) is 5.79. The van der Waals surface area contributed by atoms with Crippen molar-refractivity contribution in [1.82, 2.24) is 19.0 Å². The molecule has 1 aliphatic rings. The molecule has 4 heterocycles. The molecule has 0 spiro atoms. The van der Waals surface area contributed by atoms with E-state index in [0.29, 0.717) is 41.2 Å². The zero-order valence-corrected chi connectivity index (χ0v) is 17.8. The Morgan fingerprint density at radius 3 is 2.64 bits per heavy atom. The number of nitrogens with zero attached hydrogens (tertiary/aromatic N) is 4. The predicted octanol–water partition coefficient (Wildman–Crippen LogP) is 2.98. The predicted molar refractivity (Wildman–Crippen MR) is 120 cm³/mol. The summed E-state index contributed by atoms with van der Waals surface area (Å²) in [6, 6.07) is 16.1. The van der Waals surface area contributed by atoms with Crippen molar-refractivity contribution < 1.29 is 19.4 Å². The highest BCUT2D eigenvalue weighted by atomic mass is 16.5. The lowest BCUT2D eigenvalue weighted by Crippen LogP contribution is -2.41. The van der Waals surface area contributed by atoms with E-state index in [1.165, 1.54) is 10.6 Å². The number of ether oxygens (including phenoxy) is 1. The van der Waals surface area contributed by atoms with Gasteiger partial charge in [0, 0.05) is 43.4 Å². The Balaban J connectivity index is 1.47. The first-order valence-electron chi connectivity index (χ1n) is 10.4. The third-order valence-electron chi connectivity index (χ3n) is 5.79. The van der Waals surface area contributed by atoms with Gasteiger partial charge in [-0.1, -0.05) is 30.3 Å². The highest BCUT2D eigenvalue weighted by Crippen LogP contribution is 2.30. The van der Waals surface area contributed by atoms with Gasteiger partial charge in [0.2, 0.25) is 0 Å². The monoisotopic (exact) mass is 444 g/mol. The SMILES string of the molecule is Cn1c2c(c3ccc(-n4ccc(OCc5ccccc5)cc4=O)nc31)C(=O)N(C(=O)O)CC2. The number of hydrogen-bond acceptors (Lipinski definition) is 5. The molecule has 2 amide bonds. The van der Waals surface area contributed by atoms with Gasteiger partial charge in [-0.2, -0.15) is 0 Å². The first kappa shape index (κ1) is 20.5. The van der Waals surface area contributed by atoms with Gasteiger partial charge in [0.15, 0.2) is 0 Å². The summed E-state index contributed by atoms with van der Waals surface area (Å²) in [5.74, 6) is 0.290. The van der Waals surface area contributed by atoms with Gasteiger partial charge in [-0.05, 0) is 23.8 Å². The van der Waals surface area contributed by atoms with E-state index in [-0.39, 0.29) is 12.1 Å². The number of benzene rings is 1. The van der Waals surface area contributed by atoms with Crippen LogP contribution in [0.3, 0.4) is 0 Å². The number of carboxylic acid groups (broad SMARTS) is 1. The number of aromatic nitrogens is 3. The maximum absolute atomic E-state index is 12.7. The Kier molecular flexibility index (Phi) is 4.93. The number of imide groups is 1. The molecule has 0 saturated carbocycles. The van der Waals surface area contributed by atoms with E-state index in [2.05, 4.69) is 4.98 Å². The minimum absolute atomic E-state index is 0.0993. The van der Waals surface area contributed by atoms with Gasteiger partial charge >= 0.3 is 6.09 Å². The molecule has 9 nitrogen and oxygen atoms in total. The molecule has 0 atom stereocenters. The van der Waals surface area contributed by atoms with Gasteiger partial charge < -0.3 is 14.4 Å². The van der Waals surface area contributed by atoms with Crippen LogP contribution in [0.1, 0.15) is 21.6 Å². The zero-order chi connectivity index (χ0) is 23.1. The third kappa shape index (κ3) is 3.53. The molecule has 4 aromatic rings. The van der Waals surface area contributed by atoms with Gasteiger partial charge in [0.05, 0.1) is 5.56 Å². The van der Waals surface area contributed by atoms with Gasteiger partial charge in [-0.15, -0.1) is 0 Å². The van der Waals surface area contributed by atoms with Crippen molar-refractivity contribution in [3.05, 3.63) is 88.0 Å². The summed E-state index contributed by atoms with van der Waals surface area (Å²) in [5, 5.41) is 9.85. The second kappa shape index (κ2) is 7.94. The fourth-order valence-electron chi connectivity index (χ4n) is 4.12. The molecule has 0 saturated heterocycles. The minimum atomic E-state index is -1.27. The van der Waals surface area contributed by atoms with E-state index in [4.69, 9.17) is 4.74 Å². The summed E-state index contributed by atoms with van der Waals surface area (Å²) in [6.07, 6.45) is 0.730. The van der Waals surface area contributed by atoms with Crippen LogP contribution < -0.4 is 10.3 Å². The Bertz CT molecular complexity index is 1460. The molecule has 166 valence electrons. The molecule has 1 aromatic carbocycles. The molecule has 1 N–H and O–H groups in total. The van der Waals surface area contributed by atoms with Crippen molar-refractivity contribution in [1.29, 1.82) is 0 Å². The fourth-order valence-corrected chi connectivity index (χ4v) is 4.12. The molecular weight excluding hydrogens is 424 g/mol. The normalized spacial score (nSPS) is 13.2. The van der Waals surface area contributed by atoms with Gasteiger partial charge in [-0.25, -0.2) is 14.7 Å². The van der Waals surface area contributed by atoms with E-state index >= 15 is 0 Å². The molecule has 5 rings (SSSR count). The van der Waals surface area contributed by atoms with Crippen molar-refractivity contribution in [2.24, 2.45) is 7.05 Å². The van der Waals surface area contributed by atoms with Crippen LogP contribution in [0.15, 0.2) is 65.6 Å². The second-order valence-electron chi connectivity index (χ2n) is 7.76. The summed E-state index contributed by atoms with van der Waals surface area (Å²) in [6.45, 7) is 0.451. The van der Waals surface area contributed by atoms with Crippen LogP contribution in [0.5, 0.6) is 5.75 Å². The fraction of sp³-hybridized carbons (Fsp3) is 0.167. The summed E-state index contributed by atoms with van der Waals surface area (Å²) in [7, 11) is 1.78. The molecule has 3 aromatic heterocycles. The second-order valence-corrected chi connectivity index (χ2v) is 7.76. The maximum atomic E-state index is 12.7. The van der Waals surface area contributed by atoms with E-state index < -0.39 is 12.0 Å². The van der Waals surface area contributed by atoms with Gasteiger partial charge in [0.25, 0.3) is 11.5 Å². The highest BCUT2D eigenvalue weighted by molar-refractivity contribution is 6.12. The van der Waals surface area contributed by atoms with E-state index in [1.807, 2.05) is 30.3 Å². The number of rotatable bonds is 4. The molecule has 9 heteroatoms. The molecular formula is C24H20N4O5. The Morgan fingerprint density at radius 1 is 1.12 bits per heavy atom. The largest absolute Gasteiger partial charge is 0.489 e. The molecule has 0 radical (unpaired) electrons. The quantitative estimate of drug-likeness (QED) is 0.519. The number of carbonyl (C=O) groups is 2. The lowest BCUT2D eigenvalue weighted by atomic mass is 10.0. The average molecular weight is 444 g/mol. The van der Waals surface area contributed by atoms with E-state index in [9.17, 15) is 19.5 Å². The molecule has 1 aliphatic heterocycles. The number of hydrogen-bond donors (Lipinski definition) is 1. The number of carbonyl (C=O) groups excluding carboxylic acids is 1. The lowest BCUT2D eigenvalue weighted by Gasteiger charge is -2.23. The van der Waals surface area contributed by atoms with Crippen molar-refractivity contribution in [3.8, 4) is 11.6 Å². The molecule has 0 bridgehead atoms. The summed E-state index contributed by atoms with van der Waals surface area (Å²) in [4.78, 5) is 42.3. The van der Waals surface area contributed by atoms with E-state index in [1.54, 1.807) is 36.0 Å². The summed E-state index contributed by atoms with van der Waals surface area (Å²) in [5.41, 5.74) is 2.28. The van der Waals surface area contributed by atoms with Gasteiger partial charge in [-0.3, -0.25) is 14.2 Å². The number of pyridine rings is 2. The number of aryl methyl sites for hydroxylation is 1. The summed E-state index contributed by atoms with van der Waals surface area (Å²) < 4.78 is 8.90. The Labute approximate surface area is 188 Å². The minimum Gasteiger partial charge on any atom is -0.489 e. The topological polar surface area (TPSA) is 107 Å². The molecule has 0 aliphatic carbocycles. The van der Waals surface area contributed by atoms with Crippen LogP contribution in [0, 0.1) is 0 Å². The van der Waals surface area contributed by atoms with Crippen LogP contribution in [-0.2, 0) is 20.1 Å². The Hall–Kier alpha value is -4.40. The van der Waals surface area contributed by atoms with Crippen molar-refractivity contribution in [2.75, 3.05) is 6.54 Å². The Morgan fingerprint density at radius 2 is 1.91 bits per heavy atom. The highest BCUT2D eigenvalue weighted by Gasteiger charge is 2.33. The molecule has 33 heavy (non-hydrogen) atoms. The number of fused-ring (bicyclic) bond motifs is 3.